The fourth-order valence-corrected chi connectivity index (χ4v) is 5.53. The number of ether oxygens (including phenoxy) is 2. The molecule has 2 amide bonds. The van der Waals surface area contributed by atoms with Gasteiger partial charge in [-0.15, -0.1) is 0 Å². The summed E-state index contributed by atoms with van der Waals surface area (Å²) in [7, 11) is 0. The highest BCUT2D eigenvalue weighted by Crippen LogP contribution is 2.49. The van der Waals surface area contributed by atoms with E-state index in [1.165, 1.54) is 19.2 Å². The second kappa shape index (κ2) is 11.8. The minimum absolute atomic E-state index is 0.0726. The molecule has 0 spiro atoms. The van der Waals surface area contributed by atoms with Gasteiger partial charge in [-0.3, -0.25) is 9.59 Å². The van der Waals surface area contributed by atoms with E-state index in [1.807, 2.05) is 5.32 Å². The summed E-state index contributed by atoms with van der Waals surface area (Å²) in [6.07, 6.45) is -3.95. The van der Waals surface area contributed by atoms with Crippen molar-refractivity contribution in [1.82, 2.24) is 20.1 Å². The standard InChI is InChI=1S/C31H25ClF7N5O5/c1-28(27(40)46)13-49-25-17(28)9-22(42-24(25)16-8-18(32)20(35)10-19(16)34)30(47,31(37,38)39)12-41-26(45)14-6-15-11-44(29(36)2-3-29)43-23(15)21(7-14)48-5-4-33/h6-11,47H,2-5,12-13H2,1H3,(H2,40,46)(H,41,45)/t28-,30?/m0/s1. The van der Waals surface area contributed by atoms with E-state index in [1.54, 1.807) is 0 Å². The summed E-state index contributed by atoms with van der Waals surface area (Å²) in [5.41, 5.74) is -3.26. The summed E-state index contributed by atoms with van der Waals surface area (Å²) >= 11 is 5.83. The van der Waals surface area contributed by atoms with E-state index >= 15 is 4.39 Å². The van der Waals surface area contributed by atoms with Crippen molar-refractivity contribution in [2.75, 3.05) is 26.4 Å². The predicted molar refractivity (Wildman–Crippen MR) is 158 cm³/mol. The molecule has 0 radical (unpaired) electrons. The zero-order chi connectivity index (χ0) is 35.7. The van der Waals surface area contributed by atoms with Crippen molar-refractivity contribution in [2.45, 2.75) is 42.8 Å². The molecule has 2 aromatic carbocycles. The highest BCUT2D eigenvalue weighted by atomic mass is 35.5. The van der Waals surface area contributed by atoms with Crippen molar-refractivity contribution in [3.8, 4) is 22.8 Å². The summed E-state index contributed by atoms with van der Waals surface area (Å²) in [5.74, 6) is -6.98. The van der Waals surface area contributed by atoms with Gasteiger partial charge in [0.25, 0.3) is 5.91 Å². The molecule has 3 heterocycles. The zero-order valence-electron chi connectivity index (χ0n) is 25.2. The molecule has 2 aliphatic rings. The van der Waals surface area contributed by atoms with Crippen LogP contribution < -0.4 is 20.5 Å². The number of aliphatic hydroxyl groups is 1. The number of carbonyl (C=O) groups excluding carboxylic acids is 2. The molecule has 1 aliphatic heterocycles. The molecule has 10 nitrogen and oxygen atoms in total. The van der Waals surface area contributed by atoms with Crippen LogP contribution in [0.4, 0.5) is 30.7 Å². The largest absolute Gasteiger partial charge is 0.489 e. The van der Waals surface area contributed by atoms with E-state index in [9.17, 15) is 41.0 Å². The third kappa shape index (κ3) is 5.77. The van der Waals surface area contributed by atoms with Crippen LogP contribution in [0.15, 0.2) is 36.5 Å². The Morgan fingerprint density at radius 3 is 2.51 bits per heavy atom. The van der Waals surface area contributed by atoms with Gasteiger partial charge in [-0.25, -0.2) is 27.2 Å². The second-order valence-electron chi connectivity index (χ2n) is 11.9. The van der Waals surface area contributed by atoms with Gasteiger partial charge in [0, 0.05) is 47.2 Å². The van der Waals surface area contributed by atoms with E-state index in [0.717, 1.165) is 16.8 Å². The van der Waals surface area contributed by atoms with Gasteiger partial charge in [0.15, 0.2) is 0 Å². The lowest BCUT2D eigenvalue weighted by Gasteiger charge is -2.31. The average Bonchev–Trinajstić information content (AvgIpc) is 3.47. The van der Waals surface area contributed by atoms with Gasteiger partial charge in [-0.2, -0.15) is 18.3 Å². The normalized spacial score (nSPS) is 19.2. The Bertz CT molecular complexity index is 2020. The number of rotatable bonds is 10. The minimum Gasteiger partial charge on any atom is -0.489 e. The Hall–Kier alpha value is -4.64. The molecule has 18 heteroatoms. The van der Waals surface area contributed by atoms with Crippen molar-refractivity contribution in [2.24, 2.45) is 5.73 Å². The highest BCUT2D eigenvalue weighted by molar-refractivity contribution is 6.31. The van der Waals surface area contributed by atoms with Crippen molar-refractivity contribution in [1.29, 1.82) is 0 Å². The number of halogens is 8. The maximum Gasteiger partial charge on any atom is 0.424 e. The first kappa shape index (κ1) is 34.2. The van der Waals surface area contributed by atoms with Gasteiger partial charge in [-0.1, -0.05) is 11.6 Å². The van der Waals surface area contributed by atoms with Crippen LogP contribution in [0.2, 0.25) is 5.02 Å². The van der Waals surface area contributed by atoms with E-state index in [2.05, 4.69) is 10.1 Å². The molecule has 2 atom stereocenters. The minimum atomic E-state index is -5.57. The average molecular weight is 716 g/mol. The lowest BCUT2D eigenvalue weighted by Crippen LogP contribution is -2.51. The van der Waals surface area contributed by atoms with Gasteiger partial charge in [-0.05, 0) is 31.2 Å². The smallest absolute Gasteiger partial charge is 0.424 e. The first-order chi connectivity index (χ1) is 22.9. The Morgan fingerprint density at radius 1 is 1.16 bits per heavy atom. The van der Waals surface area contributed by atoms with Crippen LogP contribution in [0.25, 0.3) is 22.2 Å². The topological polar surface area (TPSA) is 142 Å². The monoisotopic (exact) mass is 715 g/mol. The fourth-order valence-electron chi connectivity index (χ4n) is 5.36. The van der Waals surface area contributed by atoms with Gasteiger partial charge >= 0.3 is 6.18 Å². The van der Waals surface area contributed by atoms with Gasteiger partial charge < -0.3 is 25.6 Å². The van der Waals surface area contributed by atoms with Gasteiger partial charge in [0.1, 0.15) is 59.6 Å². The molecule has 1 unspecified atom stereocenters. The van der Waals surface area contributed by atoms with Crippen LogP contribution in [0.1, 0.15) is 41.4 Å². The maximum absolute atomic E-state index is 15.0. The van der Waals surface area contributed by atoms with Crippen LogP contribution in [0.3, 0.4) is 0 Å². The highest BCUT2D eigenvalue weighted by Gasteiger charge is 2.58. The fraction of sp³-hybridized carbons (Fsp3) is 0.355. The quantitative estimate of drug-likeness (QED) is 0.153. The number of carbonyl (C=O) groups is 2. The summed E-state index contributed by atoms with van der Waals surface area (Å²) in [4.78, 5) is 29.6. The number of alkyl halides is 5. The van der Waals surface area contributed by atoms with Crippen LogP contribution in [0.5, 0.6) is 11.5 Å². The van der Waals surface area contributed by atoms with Crippen molar-refractivity contribution >= 4 is 34.3 Å². The number of nitrogens with zero attached hydrogens (tertiary/aromatic N) is 3. The number of nitrogens with two attached hydrogens (primary N) is 1. The first-order valence-electron chi connectivity index (χ1n) is 14.5. The molecule has 260 valence electrons. The molecule has 0 bridgehead atoms. The summed E-state index contributed by atoms with van der Waals surface area (Å²) in [6.45, 7) is -2.24. The molecule has 4 aromatic rings. The first-order valence-corrected chi connectivity index (χ1v) is 14.9. The third-order valence-electron chi connectivity index (χ3n) is 8.52. The Kier molecular flexibility index (Phi) is 8.21. The van der Waals surface area contributed by atoms with Crippen LogP contribution >= 0.6 is 11.6 Å². The predicted octanol–water partition coefficient (Wildman–Crippen LogP) is 5.11. The lowest BCUT2D eigenvalue weighted by atomic mass is 9.81. The molecular formula is C31H25ClF7N5O5. The molecule has 1 saturated carbocycles. The lowest BCUT2D eigenvalue weighted by molar-refractivity contribution is -0.265. The number of hydrogen-bond acceptors (Lipinski definition) is 7. The number of primary amides is 1. The number of hydrogen-bond donors (Lipinski definition) is 3. The summed E-state index contributed by atoms with van der Waals surface area (Å²) in [5, 5.41) is 16.9. The van der Waals surface area contributed by atoms with Crippen LogP contribution in [-0.2, 0) is 21.6 Å². The molecular weight excluding hydrogens is 691 g/mol. The molecule has 49 heavy (non-hydrogen) atoms. The second-order valence-corrected chi connectivity index (χ2v) is 12.4. The number of aromatic nitrogens is 3. The summed E-state index contributed by atoms with van der Waals surface area (Å²) in [6, 6.07) is 4.06. The van der Waals surface area contributed by atoms with Crippen molar-refractivity contribution < 1.29 is 54.9 Å². The van der Waals surface area contributed by atoms with E-state index < -0.39 is 94.8 Å². The number of amides is 2. The Labute approximate surface area is 276 Å². The zero-order valence-corrected chi connectivity index (χ0v) is 26.0. The van der Waals surface area contributed by atoms with E-state index in [-0.39, 0.29) is 46.4 Å². The third-order valence-corrected chi connectivity index (χ3v) is 8.81. The number of benzene rings is 2. The maximum atomic E-state index is 15.0. The molecule has 2 aromatic heterocycles. The SMILES string of the molecule is C[C@]1(C(N)=O)COc2c1cc(C(O)(CNC(=O)c1cc(OCCF)c3nn(C4(F)CC4)cc3c1)C(F)(F)F)nc2-c1cc(Cl)c(F)cc1F. The van der Waals surface area contributed by atoms with Crippen molar-refractivity contribution in [3.05, 3.63) is 70.0 Å². The molecule has 1 aliphatic carbocycles. The number of fused-ring (bicyclic) bond motifs is 2. The summed E-state index contributed by atoms with van der Waals surface area (Å²) < 4.78 is 113. The van der Waals surface area contributed by atoms with Crippen molar-refractivity contribution in [3.63, 3.8) is 0 Å². The molecule has 4 N–H and O–H groups in total. The van der Waals surface area contributed by atoms with E-state index in [0.29, 0.717) is 12.1 Å². The molecule has 6 rings (SSSR count). The van der Waals surface area contributed by atoms with Crippen LogP contribution in [-0.4, -0.2) is 64.3 Å². The van der Waals surface area contributed by atoms with Gasteiger partial charge in [0.2, 0.25) is 17.3 Å². The Balaban J connectivity index is 1.42. The molecule has 1 fully saturated rings. The van der Waals surface area contributed by atoms with Crippen LogP contribution in [0, 0.1) is 11.6 Å². The number of nitrogens with one attached hydrogen (secondary N) is 1. The van der Waals surface area contributed by atoms with E-state index in [4.69, 9.17) is 26.8 Å². The molecule has 0 saturated heterocycles. The van der Waals surface area contributed by atoms with Gasteiger partial charge in [0.05, 0.1) is 17.3 Å². The Morgan fingerprint density at radius 2 is 1.88 bits per heavy atom. The number of pyridine rings is 1.